The molecule has 4 nitrogen and oxygen atoms in total. The van der Waals surface area contributed by atoms with Gasteiger partial charge < -0.3 is 5.11 Å². The minimum absolute atomic E-state index is 0.123. The van der Waals surface area contributed by atoms with Gasteiger partial charge in [0.05, 0.1) is 11.9 Å². The van der Waals surface area contributed by atoms with Gasteiger partial charge in [0.2, 0.25) is 10.0 Å². The smallest absolute Gasteiger partial charge is 0.214 e. The molecule has 0 bridgehead atoms. The topological polar surface area (TPSA) is 57.6 Å². The lowest BCUT2D eigenvalue weighted by Gasteiger charge is -2.26. The molecule has 0 radical (unpaired) electrons. The minimum atomic E-state index is -3.16. The summed E-state index contributed by atoms with van der Waals surface area (Å²) in [6.45, 7) is 8.47. The van der Waals surface area contributed by atoms with E-state index in [0.29, 0.717) is 13.1 Å². The van der Waals surface area contributed by atoms with Crippen LogP contribution >= 0.6 is 0 Å². The Morgan fingerprint density at radius 3 is 2.40 bits per heavy atom. The molecule has 1 aromatic carbocycles. The number of nitrogens with zero attached hydrogens (tertiary/aromatic N) is 1. The van der Waals surface area contributed by atoms with Crippen LogP contribution in [0, 0.1) is 5.41 Å². The van der Waals surface area contributed by atoms with Gasteiger partial charge in [0.15, 0.2) is 0 Å². The first-order valence-corrected chi connectivity index (χ1v) is 8.53. The lowest BCUT2D eigenvalue weighted by atomic mass is 9.84. The number of rotatable bonds is 3. The van der Waals surface area contributed by atoms with E-state index < -0.39 is 16.1 Å². The monoisotopic (exact) mass is 297 g/mol. The van der Waals surface area contributed by atoms with Crippen molar-refractivity contribution >= 4 is 10.0 Å². The van der Waals surface area contributed by atoms with Crippen molar-refractivity contribution in [3.8, 4) is 0 Å². The summed E-state index contributed by atoms with van der Waals surface area (Å²) in [5, 5.41) is 10.3. The number of benzene rings is 1. The zero-order chi connectivity index (χ0) is 15.1. The Morgan fingerprint density at radius 2 is 1.85 bits per heavy atom. The highest BCUT2D eigenvalue weighted by molar-refractivity contribution is 7.89. The van der Waals surface area contributed by atoms with Crippen LogP contribution in [0.4, 0.5) is 0 Å². The van der Waals surface area contributed by atoms with E-state index in [9.17, 15) is 13.5 Å². The molecule has 1 atom stereocenters. The van der Waals surface area contributed by atoms with Crippen molar-refractivity contribution < 1.29 is 13.5 Å². The summed E-state index contributed by atoms with van der Waals surface area (Å²) in [7, 11) is -3.16. The number of sulfonamides is 1. The molecule has 112 valence electrons. The van der Waals surface area contributed by atoms with Gasteiger partial charge in [-0.3, -0.25) is 0 Å². The zero-order valence-corrected chi connectivity index (χ0v) is 13.4. The second-order valence-corrected chi connectivity index (χ2v) is 8.72. The van der Waals surface area contributed by atoms with Crippen LogP contribution in [0.1, 0.15) is 50.5 Å². The Bertz CT molecular complexity index is 602. The van der Waals surface area contributed by atoms with E-state index in [2.05, 4.69) is 0 Å². The first-order chi connectivity index (χ1) is 9.15. The van der Waals surface area contributed by atoms with Crippen LogP contribution in [0.5, 0.6) is 0 Å². The molecule has 20 heavy (non-hydrogen) atoms. The van der Waals surface area contributed by atoms with Gasteiger partial charge in [0, 0.05) is 13.1 Å². The number of aliphatic hydroxyl groups excluding tert-OH is 1. The van der Waals surface area contributed by atoms with Crippen LogP contribution in [-0.4, -0.2) is 23.6 Å². The largest absolute Gasteiger partial charge is 0.388 e. The first-order valence-electron chi connectivity index (χ1n) is 6.92. The maximum Gasteiger partial charge on any atom is 0.214 e. The summed E-state index contributed by atoms with van der Waals surface area (Å²) in [6, 6.07) is 5.78. The Morgan fingerprint density at radius 1 is 1.25 bits per heavy atom. The average Bonchev–Trinajstić information content (AvgIpc) is 2.80. The van der Waals surface area contributed by atoms with Crippen molar-refractivity contribution in [2.75, 3.05) is 5.75 Å². The summed E-state index contributed by atoms with van der Waals surface area (Å²) < 4.78 is 25.4. The second kappa shape index (κ2) is 5.13. The van der Waals surface area contributed by atoms with Crippen LogP contribution in [0.2, 0.25) is 0 Å². The van der Waals surface area contributed by atoms with Gasteiger partial charge in [-0.05, 0) is 29.0 Å². The van der Waals surface area contributed by atoms with Gasteiger partial charge in [0.1, 0.15) is 0 Å². The van der Waals surface area contributed by atoms with E-state index in [1.807, 2.05) is 39.0 Å². The maximum atomic E-state index is 11.9. The summed E-state index contributed by atoms with van der Waals surface area (Å²) in [4.78, 5) is 0. The van der Waals surface area contributed by atoms with Crippen molar-refractivity contribution in [3.63, 3.8) is 0 Å². The molecule has 1 unspecified atom stereocenters. The highest BCUT2D eigenvalue weighted by Gasteiger charge is 2.30. The molecule has 5 heteroatoms. The lowest BCUT2D eigenvalue weighted by molar-refractivity contribution is 0.0626. The lowest BCUT2D eigenvalue weighted by Crippen LogP contribution is -2.26. The molecular weight excluding hydrogens is 274 g/mol. The van der Waals surface area contributed by atoms with Crippen molar-refractivity contribution in [1.29, 1.82) is 0 Å². The third kappa shape index (κ3) is 2.90. The van der Waals surface area contributed by atoms with Gasteiger partial charge >= 0.3 is 0 Å². The third-order valence-corrected chi connectivity index (χ3v) is 5.59. The summed E-state index contributed by atoms with van der Waals surface area (Å²) in [5.41, 5.74) is 2.66. The second-order valence-electron chi connectivity index (χ2n) is 6.47. The first kappa shape index (κ1) is 15.5. The molecule has 0 saturated carbocycles. The molecule has 2 rings (SSSR count). The summed E-state index contributed by atoms with van der Waals surface area (Å²) >= 11 is 0. The van der Waals surface area contributed by atoms with Gasteiger partial charge in [0.25, 0.3) is 0 Å². The van der Waals surface area contributed by atoms with E-state index in [1.54, 1.807) is 6.92 Å². The molecular formula is C15H23NO3S. The summed E-state index contributed by atoms with van der Waals surface area (Å²) in [6.07, 6.45) is -0.551. The number of hydrogen-bond donors (Lipinski definition) is 1. The van der Waals surface area contributed by atoms with Gasteiger partial charge in [-0.15, -0.1) is 0 Å². The summed E-state index contributed by atoms with van der Waals surface area (Å²) in [5.74, 6) is 0.123. The molecule has 0 aromatic heterocycles. The quantitative estimate of drug-likeness (QED) is 0.932. The molecule has 1 aliphatic heterocycles. The van der Waals surface area contributed by atoms with E-state index in [1.165, 1.54) is 4.31 Å². The fourth-order valence-electron chi connectivity index (χ4n) is 2.43. The Hall–Kier alpha value is -0.910. The van der Waals surface area contributed by atoms with Crippen LogP contribution in [-0.2, 0) is 23.1 Å². The number of hydrogen-bond acceptors (Lipinski definition) is 3. The molecule has 0 aliphatic carbocycles. The molecule has 1 N–H and O–H groups in total. The zero-order valence-electron chi connectivity index (χ0n) is 12.5. The van der Waals surface area contributed by atoms with Gasteiger partial charge in [-0.2, -0.15) is 4.31 Å². The van der Waals surface area contributed by atoms with Crippen LogP contribution < -0.4 is 0 Å². The van der Waals surface area contributed by atoms with E-state index in [0.717, 1.165) is 16.7 Å². The fraction of sp³-hybridized carbons (Fsp3) is 0.600. The Balaban J connectivity index is 2.28. The Labute approximate surface area is 121 Å². The standard InChI is InChI=1S/C15H23NO3S/c1-5-20(18,19)16-9-12-7-6-11(8-13(12)10-16)14(17)15(2,3)4/h6-8,14,17H,5,9-10H2,1-4H3. The molecule has 0 saturated heterocycles. The van der Waals surface area contributed by atoms with Gasteiger partial charge in [-0.1, -0.05) is 39.0 Å². The molecule has 0 fully saturated rings. The SMILES string of the molecule is CCS(=O)(=O)N1Cc2ccc(C(O)C(C)(C)C)cc2C1. The number of fused-ring (bicyclic) bond motifs is 1. The number of aliphatic hydroxyl groups is 1. The molecule has 0 spiro atoms. The van der Waals surface area contributed by atoms with Crippen molar-refractivity contribution in [3.05, 3.63) is 34.9 Å². The predicted octanol–water partition coefficient (Wildman–Crippen LogP) is 2.43. The van der Waals surface area contributed by atoms with E-state index in [-0.39, 0.29) is 11.2 Å². The van der Waals surface area contributed by atoms with Crippen molar-refractivity contribution in [2.24, 2.45) is 5.41 Å². The fourth-order valence-corrected chi connectivity index (χ4v) is 3.47. The van der Waals surface area contributed by atoms with Crippen molar-refractivity contribution in [1.82, 2.24) is 4.31 Å². The van der Waals surface area contributed by atoms with Gasteiger partial charge in [-0.25, -0.2) is 8.42 Å². The highest BCUT2D eigenvalue weighted by atomic mass is 32.2. The molecule has 1 heterocycles. The molecule has 1 aromatic rings. The average molecular weight is 297 g/mol. The van der Waals surface area contributed by atoms with Crippen molar-refractivity contribution in [2.45, 2.75) is 46.9 Å². The Kier molecular flexibility index (Phi) is 3.97. The third-order valence-electron chi connectivity index (χ3n) is 3.82. The van der Waals surface area contributed by atoms with E-state index in [4.69, 9.17) is 0 Å². The predicted molar refractivity (Wildman–Crippen MR) is 79.6 cm³/mol. The van der Waals surface area contributed by atoms with E-state index >= 15 is 0 Å². The van der Waals surface area contributed by atoms with Crippen LogP contribution in [0.15, 0.2) is 18.2 Å². The highest BCUT2D eigenvalue weighted by Crippen LogP contribution is 2.35. The molecule has 0 amide bonds. The maximum absolute atomic E-state index is 11.9. The molecule has 1 aliphatic rings. The van der Waals surface area contributed by atoms with Crippen LogP contribution in [0.3, 0.4) is 0 Å². The van der Waals surface area contributed by atoms with Crippen LogP contribution in [0.25, 0.3) is 0 Å². The minimum Gasteiger partial charge on any atom is -0.388 e. The normalized spacial score (nSPS) is 18.1.